The van der Waals surface area contributed by atoms with Crippen LogP contribution in [-0.4, -0.2) is 66.8 Å². The molecule has 8 nitrogen and oxygen atoms in total. The quantitative estimate of drug-likeness (QED) is 0.586. The molecule has 4 rings (SSSR count). The van der Waals surface area contributed by atoms with Crippen molar-refractivity contribution in [2.45, 2.75) is 19.8 Å². The summed E-state index contributed by atoms with van der Waals surface area (Å²) in [5, 5.41) is 13.5. The zero-order valence-electron chi connectivity index (χ0n) is 18.0. The molecular weight excluding hydrogens is 394 g/mol. The number of nitriles is 1. The van der Waals surface area contributed by atoms with Gasteiger partial charge in [-0.3, -0.25) is 14.1 Å². The zero-order chi connectivity index (χ0) is 21.8. The van der Waals surface area contributed by atoms with Gasteiger partial charge in [-0.05, 0) is 36.6 Å². The molecule has 0 aliphatic carbocycles. The lowest BCUT2D eigenvalue weighted by molar-refractivity contribution is -0.140. The molecule has 162 valence electrons. The van der Waals surface area contributed by atoms with Gasteiger partial charge in [0.25, 0.3) is 0 Å². The van der Waals surface area contributed by atoms with Crippen LogP contribution in [0.25, 0.3) is 16.7 Å². The number of pyridine rings is 1. The van der Waals surface area contributed by atoms with E-state index >= 15 is 0 Å². The number of esters is 1. The highest BCUT2D eigenvalue weighted by atomic mass is 16.5. The van der Waals surface area contributed by atoms with Crippen molar-refractivity contribution in [3.05, 3.63) is 41.0 Å². The van der Waals surface area contributed by atoms with Gasteiger partial charge in [0, 0.05) is 32.6 Å². The van der Waals surface area contributed by atoms with Gasteiger partial charge in [0.05, 0.1) is 36.9 Å². The fourth-order valence-corrected chi connectivity index (χ4v) is 4.16. The number of fused-ring (bicyclic) bond motifs is 3. The van der Waals surface area contributed by atoms with Gasteiger partial charge in [-0.2, -0.15) is 5.26 Å². The maximum absolute atomic E-state index is 11.9. The number of nitrogens with one attached hydrogen (secondary N) is 1. The minimum Gasteiger partial charge on any atom is -0.469 e. The summed E-state index contributed by atoms with van der Waals surface area (Å²) in [7, 11) is 1.39. The average Bonchev–Trinajstić information content (AvgIpc) is 3.18. The third-order valence-corrected chi connectivity index (χ3v) is 5.86. The number of ether oxygens (including phenoxy) is 2. The highest BCUT2D eigenvalue weighted by Gasteiger charge is 2.21. The smallest absolute Gasteiger partial charge is 0.305 e. The molecule has 3 aromatic rings. The first-order chi connectivity index (χ1) is 15.1. The Morgan fingerprint density at radius 3 is 2.84 bits per heavy atom. The molecule has 1 aliphatic heterocycles. The van der Waals surface area contributed by atoms with E-state index in [1.807, 2.05) is 35.6 Å². The third-order valence-electron chi connectivity index (χ3n) is 5.86. The molecule has 1 aromatic carbocycles. The van der Waals surface area contributed by atoms with E-state index in [1.165, 1.54) is 7.11 Å². The molecule has 0 amide bonds. The first kappa shape index (κ1) is 21.1. The highest BCUT2D eigenvalue weighted by molar-refractivity contribution is 5.86. The van der Waals surface area contributed by atoms with E-state index in [0.29, 0.717) is 17.6 Å². The predicted molar refractivity (Wildman–Crippen MR) is 118 cm³/mol. The molecule has 3 heterocycles. The number of carbonyl (C=O) groups is 1. The molecule has 0 radical (unpaired) electrons. The van der Waals surface area contributed by atoms with Crippen molar-refractivity contribution in [2.24, 2.45) is 0 Å². The molecule has 8 heteroatoms. The number of hydrogen-bond donors (Lipinski definition) is 1. The molecule has 0 unspecified atom stereocenters. The number of morpholine rings is 1. The van der Waals surface area contributed by atoms with Crippen LogP contribution in [0.1, 0.15) is 23.1 Å². The summed E-state index contributed by atoms with van der Waals surface area (Å²) in [6.07, 6.45) is 0.730. The largest absolute Gasteiger partial charge is 0.469 e. The van der Waals surface area contributed by atoms with Gasteiger partial charge >= 0.3 is 5.97 Å². The number of imidazole rings is 1. The molecule has 31 heavy (non-hydrogen) atoms. The second kappa shape index (κ2) is 9.33. The Morgan fingerprint density at radius 1 is 1.32 bits per heavy atom. The number of carbonyl (C=O) groups excluding carboxylic acids is 1. The Kier molecular flexibility index (Phi) is 6.35. The van der Waals surface area contributed by atoms with Crippen molar-refractivity contribution < 1.29 is 14.3 Å². The van der Waals surface area contributed by atoms with Gasteiger partial charge in [-0.25, -0.2) is 4.98 Å². The first-order valence-corrected chi connectivity index (χ1v) is 10.6. The second-order valence-corrected chi connectivity index (χ2v) is 7.66. The van der Waals surface area contributed by atoms with Crippen molar-refractivity contribution >= 4 is 28.5 Å². The van der Waals surface area contributed by atoms with Crippen LogP contribution in [0.5, 0.6) is 0 Å². The Hall–Kier alpha value is -3.15. The number of para-hydroxylation sites is 2. The van der Waals surface area contributed by atoms with Gasteiger partial charge in [-0.15, -0.1) is 0 Å². The van der Waals surface area contributed by atoms with Gasteiger partial charge in [0.2, 0.25) is 0 Å². The van der Waals surface area contributed by atoms with Crippen LogP contribution in [0, 0.1) is 18.3 Å². The normalized spacial score (nSPS) is 14.6. The summed E-state index contributed by atoms with van der Waals surface area (Å²) < 4.78 is 12.3. The van der Waals surface area contributed by atoms with E-state index in [4.69, 9.17) is 14.5 Å². The van der Waals surface area contributed by atoms with Crippen molar-refractivity contribution in [3.63, 3.8) is 0 Å². The van der Waals surface area contributed by atoms with Crippen LogP contribution in [-0.2, 0) is 20.7 Å². The van der Waals surface area contributed by atoms with Crippen LogP contribution in [0.4, 0.5) is 5.82 Å². The molecule has 1 N–H and O–H groups in total. The molecule has 1 saturated heterocycles. The standard InChI is InChI=1S/C23H27N5O3/c1-16-17(7-8-21(29)30-2)22(25-9-10-27-11-13-31-14-12-27)28-20-6-4-3-5-19(20)26-23(28)18(16)15-24/h3-6,25H,7-14H2,1-2H3. The Balaban J connectivity index is 1.78. The summed E-state index contributed by atoms with van der Waals surface area (Å²) in [6.45, 7) is 6.91. The molecule has 1 aliphatic rings. The van der Waals surface area contributed by atoms with Gasteiger partial charge in [-0.1, -0.05) is 12.1 Å². The molecule has 0 atom stereocenters. The molecule has 0 spiro atoms. The number of anilines is 1. The number of nitrogens with zero attached hydrogens (tertiary/aromatic N) is 4. The minimum absolute atomic E-state index is 0.249. The number of hydrogen-bond acceptors (Lipinski definition) is 7. The maximum Gasteiger partial charge on any atom is 0.305 e. The lowest BCUT2D eigenvalue weighted by Gasteiger charge is -2.27. The number of methoxy groups -OCH3 is 1. The summed E-state index contributed by atoms with van der Waals surface area (Å²) in [5.74, 6) is 0.616. The molecule has 0 saturated carbocycles. The fourth-order valence-electron chi connectivity index (χ4n) is 4.16. The van der Waals surface area contributed by atoms with E-state index in [9.17, 15) is 10.1 Å². The van der Waals surface area contributed by atoms with Crippen molar-refractivity contribution in [1.82, 2.24) is 14.3 Å². The zero-order valence-corrected chi connectivity index (χ0v) is 18.0. The summed E-state index contributed by atoms with van der Waals surface area (Å²) in [4.78, 5) is 19.0. The monoisotopic (exact) mass is 421 g/mol. The topological polar surface area (TPSA) is 91.9 Å². The Labute approximate surface area is 181 Å². The predicted octanol–water partition coefficient (Wildman–Crippen LogP) is 2.52. The van der Waals surface area contributed by atoms with Crippen LogP contribution >= 0.6 is 0 Å². The highest BCUT2D eigenvalue weighted by Crippen LogP contribution is 2.31. The number of rotatable bonds is 7. The lowest BCUT2D eigenvalue weighted by Crippen LogP contribution is -2.39. The summed E-state index contributed by atoms with van der Waals surface area (Å²) >= 11 is 0. The van der Waals surface area contributed by atoms with Crippen LogP contribution < -0.4 is 5.32 Å². The SMILES string of the molecule is COC(=O)CCc1c(C)c(C#N)c2nc3ccccc3n2c1NCCN1CCOCC1. The first-order valence-electron chi connectivity index (χ1n) is 10.6. The van der Waals surface area contributed by atoms with Gasteiger partial charge in [0.15, 0.2) is 5.65 Å². The lowest BCUT2D eigenvalue weighted by atomic mass is 10.00. The van der Waals surface area contributed by atoms with Crippen molar-refractivity contribution in [2.75, 3.05) is 51.8 Å². The van der Waals surface area contributed by atoms with Gasteiger partial charge in [0.1, 0.15) is 11.9 Å². The van der Waals surface area contributed by atoms with E-state index in [1.54, 1.807) is 0 Å². The summed E-state index contributed by atoms with van der Waals surface area (Å²) in [5.41, 5.74) is 4.73. The molecule has 1 fully saturated rings. The third kappa shape index (κ3) is 4.20. The average molecular weight is 422 g/mol. The minimum atomic E-state index is -0.271. The van der Waals surface area contributed by atoms with Crippen LogP contribution in [0.3, 0.4) is 0 Å². The van der Waals surface area contributed by atoms with Crippen LogP contribution in [0.2, 0.25) is 0 Å². The summed E-state index contributed by atoms with van der Waals surface area (Å²) in [6, 6.07) is 10.2. The van der Waals surface area contributed by atoms with E-state index in [0.717, 1.165) is 67.4 Å². The molecule has 2 aromatic heterocycles. The van der Waals surface area contributed by atoms with E-state index < -0.39 is 0 Å². The maximum atomic E-state index is 11.9. The van der Waals surface area contributed by atoms with E-state index in [2.05, 4.69) is 16.3 Å². The van der Waals surface area contributed by atoms with E-state index in [-0.39, 0.29) is 12.4 Å². The van der Waals surface area contributed by atoms with Crippen LogP contribution in [0.15, 0.2) is 24.3 Å². The Morgan fingerprint density at radius 2 is 2.10 bits per heavy atom. The molecule has 0 bridgehead atoms. The van der Waals surface area contributed by atoms with Crippen molar-refractivity contribution in [3.8, 4) is 6.07 Å². The van der Waals surface area contributed by atoms with Gasteiger partial charge < -0.3 is 14.8 Å². The molecular formula is C23H27N5O3. The number of aromatic nitrogens is 2. The Bertz CT molecular complexity index is 1140. The van der Waals surface area contributed by atoms with Crippen molar-refractivity contribution in [1.29, 1.82) is 5.26 Å². The second-order valence-electron chi connectivity index (χ2n) is 7.66. The fraction of sp³-hybridized carbons (Fsp3) is 0.435. The number of benzene rings is 1.